The molecule has 76 valence electrons. The van der Waals surface area contributed by atoms with Crippen molar-refractivity contribution < 1.29 is 13.2 Å². The molecule has 0 saturated carbocycles. The average molecular weight is 240 g/mol. The molecular weight excluding hydrogens is 235 g/mol. The van der Waals surface area contributed by atoms with Gasteiger partial charge in [0.1, 0.15) is 4.99 Å². The van der Waals surface area contributed by atoms with Crippen LogP contribution in [0.25, 0.3) is 0 Å². The molecule has 6 heteroatoms. The third kappa shape index (κ3) is 2.16. The van der Waals surface area contributed by atoms with Crippen LogP contribution < -0.4 is 5.73 Å². The molecule has 0 aliphatic heterocycles. The zero-order valence-electron chi connectivity index (χ0n) is 6.73. The Balaban J connectivity index is 3.44. The summed E-state index contributed by atoms with van der Waals surface area (Å²) in [7, 11) is 0. The Bertz CT molecular complexity index is 375. The second-order valence-corrected chi connectivity index (χ2v) is 3.37. The average Bonchev–Trinajstić information content (AvgIpc) is 2.01. The molecule has 0 bridgehead atoms. The van der Waals surface area contributed by atoms with Crippen molar-refractivity contribution in [2.45, 2.75) is 6.18 Å². The first-order valence-electron chi connectivity index (χ1n) is 3.49. The number of benzene rings is 1. The van der Waals surface area contributed by atoms with Gasteiger partial charge in [-0.2, -0.15) is 13.2 Å². The van der Waals surface area contributed by atoms with Gasteiger partial charge in [-0.3, -0.25) is 0 Å². The predicted molar refractivity (Wildman–Crippen MR) is 52.3 cm³/mol. The monoisotopic (exact) mass is 239 g/mol. The zero-order chi connectivity index (χ0) is 10.9. The lowest BCUT2D eigenvalue weighted by Gasteiger charge is -2.12. The fraction of sp³-hybridized carbons (Fsp3) is 0.125. The summed E-state index contributed by atoms with van der Waals surface area (Å²) in [5.74, 6) is 0. The van der Waals surface area contributed by atoms with Crippen LogP contribution in [0.3, 0.4) is 0 Å². The van der Waals surface area contributed by atoms with Gasteiger partial charge >= 0.3 is 6.18 Å². The molecule has 1 aromatic carbocycles. The molecule has 0 atom stereocenters. The van der Waals surface area contributed by atoms with Crippen molar-refractivity contribution in [2.75, 3.05) is 0 Å². The number of rotatable bonds is 1. The largest absolute Gasteiger partial charge is 0.417 e. The van der Waals surface area contributed by atoms with Gasteiger partial charge in [0.25, 0.3) is 0 Å². The van der Waals surface area contributed by atoms with Gasteiger partial charge in [-0.1, -0.05) is 29.9 Å². The Hall–Kier alpha value is -0.810. The topological polar surface area (TPSA) is 26.0 Å². The molecule has 0 aliphatic carbocycles. The van der Waals surface area contributed by atoms with Crippen LogP contribution in [-0.2, 0) is 6.18 Å². The summed E-state index contributed by atoms with van der Waals surface area (Å²) < 4.78 is 37.2. The lowest BCUT2D eigenvalue weighted by atomic mass is 10.1. The number of hydrogen-bond acceptors (Lipinski definition) is 1. The van der Waals surface area contributed by atoms with Crippen LogP contribution >= 0.6 is 23.8 Å². The predicted octanol–water partition coefficient (Wildman–Crippen LogP) is 2.99. The molecule has 0 saturated heterocycles. The maximum Gasteiger partial charge on any atom is 0.417 e. The molecule has 0 heterocycles. The van der Waals surface area contributed by atoms with Crippen LogP contribution in [0.1, 0.15) is 11.1 Å². The van der Waals surface area contributed by atoms with Gasteiger partial charge in [0.15, 0.2) is 0 Å². The summed E-state index contributed by atoms with van der Waals surface area (Å²) in [4.78, 5) is -0.358. The SMILES string of the molecule is NC(=S)c1c(Cl)cccc1C(F)(F)F. The Kier molecular flexibility index (Phi) is 3.01. The summed E-state index contributed by atoms with van der Waals surface area (Å²) >= 11 is 10.1. The Morgan fingerprint density at radius 3 is 2.29 bits per heavy atom. The molecule has 0 aromatic heterocycles. The minimum atomic E-state index is -4.50. The maximum absolute atomic E-state index is 12.4. The maximum atomic E-state index is 12.4. The van der Waals surface area contributed by atoms with E-state index in [0.717, 1.165) is 6.07 Å². The van der Waals surface area contributed by atoms with E-state index in [-0.39, 0.29) is 15.6 Å². The Morgan fingerprint density at radius 1 is 1.36 bits per heavy atom. The van der Waals surface area contributed by atoms with Crippen molar-refractivity contribution in [3.05, 3.63) is 34.3 Å². The van der Waals surface area contributed by atoms with E-state index >= 15 is 0 Å². The smallest absolute Gasteiger partial charge is 0.389 e. The lowest BCUT2D eigenvalue weighted by Crippen LogP contribution is -2.18. The molecular formula is C8H5ClF3NS. The van der Waals surface area contributed by atoms with Crippen molar-refractivity contribution in [1.29, 1.82) is 0 Å². The molecule has 0 unspecified atom stereocenters. The Morgan fingerprint density at radius 2 is 1.93 bits per heavy atom. The standard InChI is InChI=1S/C8H5ClF3NS/c9-5-3-1-2-4(8(10,11)12)6(5)7(13)14/h1-3H,(H2,13,14). The minimum Gasteiger partial charge on any atom is -0.389 e. The number of nitrogens with two attached hydrogens (primary N) is 1. The van der Waals surface area contributed by atoms with Gasteiger partial charge in [0, 0.05) is 5.56 Å². The molecule has 1 nitrogen and oxygen atoms in total. The molecule has 1 rings (SSSR count). The zero-order valence-corrected chi connectivity index (χ0v) is 8.30. The number of alkyl halides is 3. The molecule has 0 spiro atoms. The highest BCUT2D eigenvalue weighted by Crippen LogP contribution is 2.34. The second kappa shape index (κ2) is 3.74. The number of halogens is 4. The minimum absolute atomic E-state index is 0.0904. The van der Waals surface area contributed by atoms with Gasteiger partial charge < -0.3 is 5.73 Å². The first-order chi connectivity index (χ1) is 6.34. The third-order valence-corrected chi connectivity index (χ3v) is 2.08. The molecule has 0 radical (unpaired) electrons. The summed E-state index contributed by atoms with van der Waals surface area (Å²) in [5, 5.41) is -0.0904. The van der Waals surface area contributed by atoms with E-state index in [2.05, 4.69) is 12.2 Å². The molecule has 2 N–H and O–H groups in total. The van der Waals surface area contributed by atoms with Gasteiger partial charge in [0.2, 0.25) is 0 Å². The van der Waals surface area contributed by atoms with Crippen molar-refractivity contribution in [3.63, 3.8) is 0 Å². The molecule has 0 aliphatic rings. The van der Waals surface area contributed by atoms with E-state index in [0.29, 0.717) is 0 Å². The van der Waals surface area contributed by atoms with Gasteiger partial charge in [0.05, 0.1) is 10.6 Å². The normalized spacial score (nSPS) is 11.4. The van der Waals surface area contributed by atoms with Gasteiger partial charge in [-0.25, -0.2) is 0 Å². The molecule has 14 heavy (non-hydrogen) atoms. The fourth-order valence-electron chi connectivity index (χ4n) is 1.01. The lowest BCUT2D eigenvalue weighted by molar-refractivity contribution is -0.137. The van der Waals surface area contributed by atoms with E-state index < -0.39 is 11.7 Å². The third-order valence-electron chi connectivity index (χ3n) is 1.57. The number of thiocarbonyl (C=S) groups is 1. The highest BCUT2D eigenvalue weighted by atomic mass is 35.5. The quantitative estimate of drug-likeness (QED) is 0.763. The highest BCUT2D eigenvalue weighted by Gasteiger charge is 2.34. The van der Waals surface area contributed by atoms with E-state index in [1.807, 2.05) is 0 Å². The highest BCUT2D eigenvalue weighted by molar-refractivity contribution is 7.80. The van der Waals surface area contributed by atoms with Crippen LogP contribution in [-0.4, -0.2) is 4.99 Å². The van der Waals surface area contributed by atoms with Crippen molar-refractivity contribution >= 4 is 28.8 Å². The summed E-state index contributed by atoms with van der Waals surface area (Å²) in [6, 6.07) is 3.40. The van der Waals surface area contributed by atoms with Crippen molar-refractivity contribution in [3.8, 4) is 0 Å². The molecule has 0 fully saturated rings. The fourth-order valence-corrected chi connectivity index (χ4v) is 1.56. The van der Waals surface area contributed by atoms with Crippen molar-refractivity contribution in [2.24, 2.45) is 5.73 Å². The molecule has 1 aromatic rings. The second-order valence-electron chi connectivity index (χ2n) is 2.52. The van der Waals surface area contributed by atoms with Crippen LogP contribution in [0.15, 0.2) is 18.2 Å². The van der Waals surface area contributed by atoms with E-state index in [9.17, 15) is 13.2 Å². The summed E-state index contributed by atoms with van der Waals surface area (Å²) in [5.41, 5.74) is 3.93. The van der Waals surface area contributed by atoms with E-state index in [4.69, 9.17) is 17.3 Å². The van der Waals surface area contributed by atoms with Crippen LogP contribution in [0.2, 0.25) is 5.02 Å². The van der Waals surface area contributed by atoms with Crippen molar-refractivity contribution in [1.82, 2.24) is 0 Å². The molecule has 0 amide bonds. The van der Waals surface area contributed by atoms with Gasteiger partial charge in [-0.05, 0) is 12.1 Å². The first-order valence-corrected chi connectivity index (χ1v) is 4.28. The van der Waals surface area contributed by atoms with Crippen LogP contribution in [0.5, 0.6) is 0 Å². The van der Waals surface area contributed by atoms with Crippen LogP contribution in [0, 0.1) is 0 Å². The van der Waals surface area contributed by atoms with Gasteiger partial charge in [-0.15, -0.1) is 0 Å². The summed E-state index contributed by atoms with van der Waals surface area (Å²) in [6.45, 7) is 0. The Labute approximate surface area is 88.7 Å². The summed E-state index contributed by atoms with van der Waals surface area (Å²) in [6.07, 6.45) is -4.50. The van der Waals surface area contributed by atoms with E-state index in [1.165, 1.54) is 12.1 Å². The van der Waals surface area contributed by atoms with Crippen LogP contribution in [0.4, 0.5) is 13.2 Å². The number of hydrogen-bond donors (Lipinski definition) is 1. The first kappa shape index (κ1) is 11.3. The van der Waals surface area contributed by atoms with E-state index in [1.54, 1.807) is 0 Å².